The first-order valence-corrected chi connectivity index (χ1v) is 9.10. The van der Waals surface area contributed by atoms with Crippen LogP contribution in [0.5, 0.6) is 0 Å². The molecule has 0 radical (unpaired) electrons. The average Bonchev–Trinajstić information content (AvgIpc) is 2.13. The molecule has 7 nitrogen and oxygen atoms in total. The van der Waals surface area contributed by atoms with Gasteiger partial charge in [0.1, 0.15) is 6.54 Å². The fourth-order valence-corrected chi connectivity index (χ4v) is 4.78. The number of sulfone groups is 1. The first-order valence-electron chi connectivity index (χ1n) is 5.43. The molecule has 0 aliphatic rings. The Morgan fingerprint density at radius 2 is 1.72 bits per heavy atom. The van der Waals surface area contributed by atoms with Crippen LogP contribution in [0.15, 0.2) is 0 Å². The second-order valence-corrected chi connectivity index (χ2v) is 8.27. The standard InChI is InChI=1S/C9H19NO6S2/c1-4-6-10(7-9(11)16-5-2)18(14,15)8-17(3,12)13/h4-8H2,1-3H3. The highest BCUT2D eigenvalue weighted by Gasteiger charge is 2.28. The minimum atomic E-state index is -4.01. The maximum Gasteiger partial charge on any atom is 0.321 e. The van der Waals surface area contributed by atoms with Crippen molar-refractivity contribution in [3.05, 3.63) is 0 Å². The first kappa shape index (κ1) is 17.3. The Balaban J connectivity index is 4.93. The van der Waals surface area contributed by atoms with E-state index in [4.69, 9.17) is 0 Å². The summed E-state index contributed by atoms with van der Waals surface area (Å²) < 4.78 is 51.2. The van der Waals surface area contributed by atoms with Gasteiger partial charge in [0, 0.05) is 12.8 Å². The zero-order valence-corrected chi connectivity index (χ0v) is 12.4. The molecule has 0 saturated carbocycles. The van der Waals surface area contributed by atoms with Gasteiger partial charge in [-0.05, 0) is 13.3 Å². The topological polar surface area (TPSA) is 97.8 Å². The summed E-state index contributed by atoms with van der Waals surface area (Å²) in [5, 5.41) is -1.00. The number of carbonyl (C=O) groups is 1. The molecule has 0 heterocycles. The molecule has 0 aliphatic heterocycles. The number of sulfonamides is 1. The molecular weight excluding hydrogens is 282 g/mol. The third kappa shape index (κ3) is 6.92. The first-order chi connectivity index (χ1) is 8.12. The number of hydrogen-bond acceptors (Lipinski definition) is 6. The molecule has 0 atom stereocenters. The molecule has 0 rings (SSSR count). The number of nitrogens with zero attached hydrogens (tertiary/aromatic N) is 1. The Labute approximate surface area is 108 Å². The predicted octanol–water partition coefficient (Wildman–Crippen LogP) is -0.407. The van der Waals surface area contributed by atoms with Crippen LogP contribution in [0, 0.1) is 0 Å². The Morgan fingerprint density at radius 1 is 1.17 bits per heavy atom. The highest BCUT2D eigenvalue weighted by molar-refractivity contribution is 8.06. The molecule has 0 aromatic carbocycles. The average molecular weight is 301 g/mol. The molecule has 108 valence electrons. The van der Waals surface area contributed by atoms with Crippen molar-refractivity contribution in [2.75, 3.05) is 31.0 Å². The number of hydrogen-bond donors (Lipinski definition) is 0. The summed E-state index contributed by atoms with van der Waals surface area (Å²) in [6.45, 7) is 3.10. The van der Waals surface area contributed by atoms with Crippen molar-refractivity contribution in [1.29, 1.82) is 0 Å². The predicted molar refractivity (Wildman–Crippen MR) is 67.1 cm³/mol. The summed E-state index contributed by atoms with van der Waals surface area (Å²) in [4.78, 5) is 11.3. The van der Waals surface area contributed by atoms with Crippen molar-refractivity contribution in [2.45, 2.75) is 20.3 Å². The van der Waals surface area contributed by atoms with E-state index in [0.717, 1.165) is 10.6 Å². The van der Waals surface area contributed by atoms with Gasteiger partial charge in [-0.15, -0.1) is 0 Å². The lowest BCUT2D eigenvalue weighted by Gasteiger charge is -2.19. The van der Waals surface area contributed by atoms with Gasteiger partial charge in [-0.2, -0.15) is 4.31 Å². The highest BCUT2D eigenvalue weighted by Crippen LogP contribution is 2.06. The van der Waals surface area contributed by atoms with Crippen molar-refractivity contribution in [1.82, 2.24) is 4.31 Å². The molecule has 0 amide bonds. The van der Waals surface area contributed by atoms with Gasteiger partial charge in [0.05, 0.1) is 6.61 Å². The van der Waals surface area contributed by atoms with Crippen molar-refractivity contribution in [3.63, 3.8) is 0 Å². The third-order valence-electron chi connectivity index (χ3n) is 1.84. The lowest BCUT2D eigenvalue weighted by Crippen LogP contribution is -2.39. The van der Waals surface area contributed by atoms with E-state index < -0.39 is 37.5 Å². The van der Waals surface area contributed by atoms with E-state index in [9.17, 15) is 21.6 Å². The number of esters is 1. The summed E-state index contributed by atoms with van der Waals surface area (Å²) in [7, 11) is -7.69. The van der Waals surface area contributed by atoms with E-state index >= 15 is 0 Å². The van der Waals surface area contributed by atoms with E-state index in [1.807, 2.05) is 0 Å². The van der Waals surface area contributed by atoms with Crippen molar-refractivity contribution < 1.29 is 26.4 Å². The maximum absolute atomic E-state index is 11.8. The quantitative estimate of drug-likeness (QED) is 0.565. The number of ether oxygens (including phenoxy) is 1. The molecule has 18 heavy (non-hydrogen) atoms. The van der Waals surface area contributed by atoms with Crippen molar-refractivity contribution in [2.24, 2.45) is 0 Å². The fourth-order valence-electron chi connectivity index (χ4n) is 1.26. The largest absolute Gasteiger partial charge is 0.465 e. The van der Waals surface area contributed by atoms with Gasteiger partial charge in [-0.3, -0.25) is 4.79 Å². The fraction of sp³-hybridized carbons (Fsp3) is 0.889. The SMILES string of the molecule is CCCN(CC(=O)OCC)S(=O)(=O)CS(C)(=O)=O. The van der Waals surface area contributed by atoms with Crippen LogP contribution < -0.4 is 0 Å². The van der Waals surface area contributed by atoms with Crippen molar-refractivity contribution in [3.8, 4) is 0 Å². The Kier molecular flexibility index (Phi) is 6.79. The van der Waals surface area contributed by atoms with Gasteiger partial charge in [0.15, 0.2) is 14.9 Å². The molecule has 0 aromatic heterocycles. The minimum absolute atomic E-state index is 0.0800. The van der Waals surface area contributed by atoms with Crippen LogP contribution in [0.3, 0.4) is 0 Å². The summed E-state index contributed by atoms with van der Waals surface area (Å²) >= 11 is 0. The summed E-state index contributed by atoms with van der Waals surface area (Å²) in [6.07, 6.45) is 1.31. The zero-order chi connectivity index (χ0) is 14.4. The molecule has 0 aliphatic carbocycles. The lowest BCUT2D eigenvalue weighted by molar-refractivity contribution is -0.143. The summed E-state index contributed by atoms with van der Waals surface area (Å²) in [6, 6.07) is 0. The second kappa shape index (κ2) is 7.05. The smallest absolute Gasteiger partial charge is 0.321 e. The van der Waals surface area contributed by atoms with Gasteiger partial charge in [-0.25, -0.2) is 16.8 Å². The van der Waals surface area contributed by atoms with E-state index in [0.29, 0.717) is 6.42 Å². The van der Waals surface area contributed by atoms with Gasteiger partial charge in [0.2, 0.25) is 10.0 Å². The van der Waals surface area contributed by atoms with Crippen LogP contribution in [0.2, 0.25) is 0 Å². The van der Waals surface area contributed by atoms with Crippen LogP contribution in [-0.2, 0) is 29.4 Å². The van der Waals surface area contributed by atoms with Gasteiger partial charge < -0.3 is 4.74 Å². The number of carbonyl (C=O) groups excluding carboxylic acids is 1. The molecule has 0 saturated heterocycles. The molecule has 0 bridgehead atoms. The molecule has 0 spiro atoms. The van der Waals surface area contributed by atoms with Crippen LogP contribution in [0.1, 0.15) is 20.3 Å². The Hall–Kier alpha value is -0.670. The lowest BCUT2D eigenvalue weighted by atomic mass is 10.5. The Bertz CT molecular complexity index is 467. The van der Waals surface area contributed by atoms with Gasteiger partial charge in [0.25, 0.3) is 0 Å². The van der Waals surface area contributed by atoms with Crippen LogP contribution in [-0.4, -0.2) is 58.1 Å². The van der Waals surface area contributed by atoms with E-state index in [1.54, 1.807) is 13.8 Å². The highest BCUT2D eigenvalue weighted by atomic mass is 32.3. The third-order valence-corrected chi connectivity index (χ3v) is 5.84. The van der Waals surface area contributed by atoms with Gasteiger partial charge >= 0.3 is 5.97 Å². The molecule has 0 N–H and O–H groups in total. The maximum atomic E-state index is 11.8. The van der Waals surface area contributed by atoms with E-state index in [2.05, 4.69) is 4.74 Å². The van der Waals surface area contributed by atoms with Gasteiger partial charge in [-0.1, -0.05) is 6.92 Å². The van der Waals surface area contributed by atoms with Crippen LogP contribution >= 0.6 is 0 Å². The second-order valence-electron chi connectivity index (χ2n) is 3.79. The zero-order valence-electron chi connectivity index (χ0n) is 10.7. The monoisotopic (exact) mass is 301 g/mol. The summed E-state index contributed by atoms with van der Waals surface area (Å²) in [5.74, 6) is -0.692. The normalized spacial score (nSPS) is 12.7. The van der Waals surface area contributed by atoms with Crippen LogP contribution in [0.4, 0.5) is 0 Å². The molecule has 0 unspecified atom stereocenters. The van der Waals surface area contributed by atoms with E-state index in [-0.39, 0.29) is 13.2 Å². The Morgan fingerprint density at radius 3 is 2.11 bits per heavy atom. The van der Waals surface area contributed by atoms with Crippen LogP contribution in [0.25, 0.3) is 0 Å². The number of rotatable bonds is 8. The minimum Gasteiger partial charge on any atom is -0.465 e. The van der Waals surface area contributed by atoms with Crippen molar-refractivity contribution >= 4 is 25.8 Å². The molecule has 9 heteroatoms. The van der Waals surface area contributed by atoms with E-state index in [1.165, 1.54) is 0 Å². The molecule has 0 fully saturated rings. The molecule has 0 aromatic rings. The summed E-state index contributed by atoms with van der Waals surface area (Å²) in [5.41, 5.74) is 0. The molecular formula is C9H19NO6S2.